The zero-order valence-corrected chi connectivity index (χ0v) is 11.8. The zero-order chi connectivity index (χ0) is 13.9. The Morgan fingerprint density at radius 2 is 2.37 bits per heavy atom. The van der Waals surface area contributed by atoms with Gasteiger partial charge in [-0.1, -0.05) is 0 Å². The largest absolute Gasteiger partial charge is 0.468 e. The van der Waals surface area contributed by atoms with Gasteiger partial charge in [-0.2, -0.15) is 0 Å². The molecule has 0 spiro atoms. The highest BCUT2D eigenvalue weighted by molar-refractivity contribution is 5.80. The number of rotatable bonds is 5. The molecule has 2 rings (SSSR count). The van der Waals surface area contributed by atoms with Crippen molar-refractivity contribution in [1.29, 1.82) is 0 Å². The quantitative estimate of drug-likeness (QED) is 0.774. The van der Waals surface area contributed by atoms with E-state index < -0.39 is 5.54 Å². The lowest BCUT2D eigenvalue weighted by Crippen LogP contribution is -2.50. The molecule has 1 aromatic rings. The molecule has 19 heavy (non-hydrogen) atoms. The van der Waals surface area contributed by atoms with Gasteiger partial charge in [0.2, 0.25) is 0 Å². The van der Waals surface area contributed by atoms with Crippen LogP contribution < -0.4 is 5.32 Å². The van der Waals surface area contributed by atoms with Gasteiger partial charge in [-0.15, -0.1) is 0 Å². The molecule has 0 aromatic carbocycles. The van der Waals surface area contributed by atoms with Crippen molar-refractivity contribution >= 4 is 5.97 Å². The number of nitrogens with one attached hydrogen (secondary N) is 1. The Hall–Kier alpha value is -1.40. The van der Waals surface area contributed by atoms with Crippen LogP contribution in [0.1, 0.15) is 19.2 Å². The third-order valence-corrected chi connectivity index (χ3v) is 3.94. The standard InChI is InChI=1S/C13H22N4O2/c1-13(14-2,12(18)19-3)4-6-16-8-9-17-7-5-15-11(17)10-16/h5,7,14H,4,6,8-10H2,1-3H3. The summed E-state index contributed by atoms with van der Waals surface area (Å²) >= 11 is 0. The maximum absolute atomic E-state index is 11.8. The molecule has 1 atom stereocenters. The van der Waals surface area contributed by atoms with Crippen LogP contribution in [0.15, 0.2) is 12.4 Å². The highest BCUT2D eigenvalue weighted by atomic mass is 16.5. The van der Waals surface area contributed by atoms with Crippen LogP contribution in [0, 0.1) is 0 Å². The normalized spacial score (nSPS) is 18.7. The molecule has 1 aliphatic rings. The third kappa shape index (κ3) is 2.96. The summed E-state index contributed by atoms with van der Waals surface area (Å²) in [6.07, 6.45) is 4.57. The van der Waals surface area contributed by atoms with Gasteiger partial charge in [0.1, 0.15) is 11.4 Å². The van der Waals surface area contributed by atoms with Crippen LogP contribution in [-0.2, 0) is 22.6 Å². The molecule has 0 aliphatic carbocycles. The SMILES string of the molecule is CNC(C)(CCN1CCn2ccnc2C1)C(=O)OC. The fourth-order valence-electron chi connectivity index (χ4n) is 2.35. The van der Waals surface area contributed by atoms with E-state index in [-0.39, 0.29) is 5.97 Å². The molecule has 0 radical (unpaired) electrons. The molecule has 0 saturated carbocycles. The first-order valence-corrected chi connectivity index (χ1v) is 6.59. The molecule has 6 heteroatoms. The minimum atomic E-state index is -0.623. The Morgan fingerprint density at radius 3 is 3.05 bits per heavy atom. The van der Waals surface area contributed by atoms with Crippen LogP contribution in [0.5, 0.6) is 0 Å². The van der Waals surface area contributed by atoms with E-state index in [0.717, 1.165) is 38.4 Å². The lowest BCUT2D eigenvalue weighted by molar-refractivity contribution is -0.148. The number of fused-ring (bicyclic) bond motifs is 1. The van der Waals surface area contributed by atoms with Crippen molar-refractivity contribution in [1.82, 2.24) is 19.8 Å². The molecule has 1 unspecified atom stereocenters. The summed E-state index contributed by atoms with van der Waals surface area (Å²) in [4.78, 5) is 18.4. The molecule has 0 bridgehead atoms. The maximum atomic E-state index is 11.8. The number of carbonyl (C=O) groups is 1. The molecule has 0 saturated heterocycles. The minimum absolute atomic E-state index is 0.214. The van der Waals surface area contributed by atoms with Crippen molar-refractivity contribution in [3.63, 3.8) is 0 Å². The van der Waals surface area contributed by atoms with E-state index in [1.165, 1.54) is 7.11 Å². The molecule has 1 N–H and O–H groups in total. The Kier molecular flexibility index (Phi) is 4.21. The van der Waals surface area contributed by atoms with Gasteiger partial charge in [0, 0.05) is 32.0 Å². The van der Waals surface area contributed by atoms with E-state index in [0.29, 0.717) is 0 Å². The number of hydrogen-bond donors (Lipinski definition) is 1. The van der Waals surface area contributed by atoms with Gasteiger partial charge >= 0.3 is 5.97 Å². The number of ether oxygens (including phenoxy) is 1. The Morgan fingerprint density at radius 1 is 1.58 bits per heavy atom. The average Bonchev–Trinajstić information content (AvgIpc) is 2.91. The van der Waals surface area contributed by atoms with Gasteiger partial charge in [-0.3, -0.25) is 9.69 Å². The number of imidazole rings is 1. The van der Waals surface area contributed by atoms with Crippen molar-refractivity contribution in [3.8, 4) is 0 Å². The van der Waals surface area contributed by atoms with Crippen molar-refractivity contribution in [2.45, 2.75) is 32.0 Å². The summed E-state index contributed by atoms with van der Waals surface area (Å²) in [5.41, 5.74) is -0.623. The van der Waals surface area contributed by atoms with Gasteiger partial charge in [0.05, 0.1) is 13.7 Å². The van der Waals surface area contributed by atoms with E-state index in [4.69, 9.17) is 4.74 Å². The third-order valence-electron chi connectivity index (χ3n) is 3.94. The lowest BCUT2D eigenvalue weighted by atomic mass is 9.98. The minimum Gasteiger partial charge on any atom is -0.468 e. The van der Waals surface area contributed by atoms with Gasteiger partial charge in [-0.25, -0.2) is 4.98 Å². The fourth-order valence-corrected chi connectivity index (χ4v) is 2.35. The summed E-state index contributed by atoms with van der Waals surface area (Å²) in [6, 6.07) is 0. The first kappa shape index (κ1) is 14.0. The molecule has 1 aromatic heterocycles. The zero-order valence-electron chi connectivity index (χ0n) is 11.8. The topological polar surface area (TPSA) is 59.4 Å². The monoisotopic (exact) mass is 266 g/mol. The molecule has 106 valence electrons. The van der Waals surface area contributed by atoms with Gasteiger partial charge in [-0.05, 0) is 20.4 Å². The van der Waals surface area contributed by atoms with Crippen molar-refractivity contribution in [2.75, 3.05) is 27.2 Å². The summed E-state index contributed by atoms with van der Waals surface area (Å²) in [7, 11) is 3.22. The van der Waals surface area contributed by atoms with Crippen molar-refractivity contribution in [2.24, 2.45) is 0 Å². The predicted molar refractivity (Wildman–Crippen MR) is 71.6 cm³/mol. The first-order chi connectivity index (χ1) is 9.09. The van der Waals surface area contributed by atoms with Crippen molar-refractivity contribution in [3.05, 3.63) is 18.2 Å². The van der Waals surface area contributed by atoms with Crippen molar-refractivity contribution < 1.29 is 9.53 Å². The summed E-state index contributed by atoms with van der Waals surface area (Å²) in [5, 5.41) is 3.06. The molecule has 0 amide bonds. The molecule has 1 aliphatic heterocycles. The number of aromatic nitrogens is 2. The lowest BCUT2D eigenvalue weighted by Gasteiger charge is -2.32. The van der Waals surface area contributed by atoms with E-state index in [1.54, 1.807) is 7.05 Å². The van der Waals surface area contributed by atoms with Crippen LogP contribution in [-0.4, -0.2) is 53.2 Å². The molecular formula is C13H22N4O2. The fraction of sp³-hybridized carbons (Fsp3) is 0.692. The molecule has 6 nitrogen and oxygen atoms in total. The highest BCUT2D eigenvalue weighted by Gasteiger charge is 2.33. The number of carbonyl (C=O) groups excluding carboxylic acids is 1. The Balaban J connectivity index is 1.91. The summed E-state index contributed by atoms with van der Waals surface area (Å²) in [6.45, 7) is 5.52. The number of esters is 1. The van der Waals surface area contributed by atoms with Crippen LogP contribution in [0.2, 0.25) is 0 Å². The summed E-state index contributed by atoms with van der Waals surface area (Å²) in [5.74, 6) is 0.879. The second-order valence-electron chi connectivity index (χ2n) is 5.14. The van der Waals surface area contributed by atoms with E-state index >= 15 is 0 Å². The van der Waals surface area contributed by atoms with Crippen LogP contribution in [0.25, 0.3) is 0 Å². The Labute approximate surface area is 113 Å². The molecule has 0 fully saturated rings. The van der Waals surface area contributed by atoms with Crippen LogP contribution in [0.3, 0.4) is 0 Å². The van der Waals surface area contributed by atoms with E-state index in [2.05, 4.69) is 19.8 Å². The second-order valence-corrected chi connectivity index (χ2v) is 5.14. The Bertz CT molecular complexity index is 446. The first-order valence-electron chi connectivity index (χ1n) is 6.59. The van der Waals surface area contributed by atoms with Gasteiger partial charge < -0.3 is 14.6 Å². The van der Waals surface area contributed by atoms with Crippen LogP contribution in [0.4, 0.5) is 0 Å². The van der Waals surface area contributed by atoms with Gasteiger partial charge in [0.15, 0.2) is 0 Å². The van der Waals surface area contributed by atoms with E-state index in [1.807, 2.05) is 19.3 Å². The number of likely N-dealkylation sites (N-methyl/N-ethyl adjacent to an activating group) is 1. The van der Waals surface area contributed by atoms with Crippen LogP contribution >= 0.6 is 0 Å². The molecular weight excluding hydrogens is 244 g/mol. The predicted octanol–water partition coefficient (Wildman–Crippen LogP) is 0.240. The van der Waals surface area contributed by atoms with Gasteiger partial charge in [0.25, 0.3) is 0 Å². The number of methoxy groups -OCH3 is 1. The number of hydrogen-bond acceptors (Lipinski definition) is 5. The highest BCUT2D eigenvalue weighted by Crippen LogP contribution is 2.15. The molecule has 2 heterocycles. The smallest absolute Gasteiger partial charge is 0.325 e. The average molecular weight is 266 g/mol. The maximum Gasteiger partial charge on any atom is 0.325 e. The summed E-state index contributed by atoms with van der Waals surface area (Å²) < 4.78 is 7.03. The second kappa shape index (κ2) is 5.71. The number of nitrogens with zero attached hydrogens (tertiary/aromatic N) is 3. The van der Waals surface area contributed by atoms with E-state index in [9.17, 15) is 4.79 Å².